The number of carbonyl (C=O) groups excluding carboxylic acids is 1. The van der Waals surface area contributed by atoms with E-state index >= 15 is 0 Å². The van der Waals surface area contributed by atoms with Crippen LogP contribution in [0.5, 0.6) is 5.75 Å². The van der Waals surface area contributed by atoms with E-state index in [-0.39, 0.29) is 28.5 Å². The minimum atomic E-state index is -4.86. The number of rotatable bonds is 2. The quantitative estimate of drug-likeness (QED) is 0.380. The summed E-state index contributed by atoms with van der Waals surface area (Å²) in [4.78, 5) is 12.0. The van der Waals surface area contributed by atoms with Gasteiger partial charge in [-0.15, -0.1) is 0 Å². The zero-order valence-corrected chi connectivity index (χ0v) is 15.7. The first-order chi connectivity index (χ1) is 13.7. The van der Waals surface area contributed by atoms with Gasteiger partial charge < -0.3 is 9.47 Å². The van der Waals surface area contributed by atoms with Crippen LogP contribution >= 0.6 is 11.6 Å². The number of alkyl halides is 3. The van der Waals surface area contributed by atoms with Crippen molar-refractivity contribution in [3.8, 4) is 17.6 Å². The van der Waals surface area contributed by atoms with Crippen molar-refractivity contribution in [2.45, 2.75) is 19.2 Å². The summed E-state index contributed by atoms with van der Waals surface area (Å²) >= 11 is 6.05. The van der Waals surface area contributed by atoms with Gasteiger partial charge in [0.2, 0.25) is 6.10 Å². The van der Waals surface area contributed by atoms with Crippen LogP contribution in [0.4, 0.5) is 17.6 Å². The maximum absolute atomic E-state index is 13.5. The van der Waals surface area contributed by atoms with Crippen LogP contribution in [0.2, 0.25) is 5.02 Å². The molecular weight excluding hydrogens is 412 g/mol. The summed E-state index contributed by atoms with van der Waals surface area (Å²) in [6.07, 6.45) is -6.33. The van der Waals surface area contributed by atoms with E-state index in [1.165, 1.54) is 37.3 Å². The van der Waals surface area contributed by atoms with Crippen molar-refractivity contribution < 1.29 is 31.8 Å². The highest BCUT2D eigenvalue weighted by molar-refractivity contribution is 6.31. The third kappa shape index (κ3) is 4.72. The Morgan fingerprint density at radius 2 is 2.00 bits per heavy atom. The molecule has 1 aliphatic rings. The first kappa shape index (κ1) is 20.7. The first-order valence-electron chi connectivity index (χ1n) is 8.42. The molecule has 0 saturated heterocycles. The fraction of sp³-hybridized carbons (Fsp3) is 0.190. The van der Waals surface area contributed by atoms with Crippen molar-refractivity contribution in [2.24, 2.45) is 0 Å². The van der Waals surface area contributed by atoms with Gasteiger partial charge in [-0.25, -0.2) is 9.18 Å². The Morgan fingerprint density at radius 3 is 2.66 bits per heavy atom. The second-order valence-corrected chi connectivity index (χ2v) is 6.43. The topological polar surface area (TPSA) is 35.5 Å². The van der Waals surface area contributed by atoms with Gasteiger partial charge >= 0.3 is 12.1 Å². The zero-order chi connectivity index (χ0) is 21.2. The molecule has 0 spiro atoms. The summed E-state index contributed by atoms with van der Waals surface area (Å²) in [7, 11) is 0. The van der Waals surface area contributed by atoms with Gasteiger partial charge in [0.1, 0.15) is 11.6 Å². The standard InChI is InChI=1S/C21H13ClF4O3/c1-2-28-20(27)17-11-14-10-15(22)9-13(18(14)29-19(17)21(24,25)26)7-6-12-4-3-5-16(23)8-12/h3-5,8-11,19H,2H2,1H3. The fourth-order valence-electron chi connectivity index (χ4n) is 2.70. The number of esters is 1. The second-order valence-electron chi connectivity index (χ2n) is 5.99. The lowest BCUT2D eigenvalue weighted by Crippen LogP contribution is -2.41. The molecule has 0 radical (unpaired) electrons. The van der Waals surface area contributed by atoms with Crippen molar-refractivity contribution in [1.29, 1.82) is 0 Å². The highest BCUT2D eigenvalue weighted by atomic mass is 35.5. The number of hydrogen-bond donors (Lipinski definition) is 0. The molecule has 0 saturated carbocycles. The van der Waals surface area contributed by atoms with Crippen molar-refractivity contribution in [3.05, 3.63) is 69.5 Å². The van der Waals surface area contributed by atoms with Gasteiger partial charge in [0, 0.05) is 16.1 Å². The average Bonchev–Trinajstić information content (AvgIpc) is 2.64. The molecule has 29 heavy (non-hydrogen) atoms. The highest BCUT2D eigenvalue weighted by Gasteiger charge is 2.49. The van der Waals surface area contributed by atoms with Gasteiger partial charge in [-0.3, -0.25) is 0 Å². The third-order valence-electron chi connectivity index (χ3n) is 3.89. The predicted octanol–water partition coefficient (Wildman–Crippen LogP) is 5.15. The normalized spacial score (nSPS) is 15.4. The number of hydrogen-bond acceptors (Lipinski definition) is 3. The predicted molar refractivity (Wildman–Crippen MR) is 98.9 cm³/mol. The molecule has 1 unspecified atom stereocenters. The molecule has 0 bridgehead atoms. The summed E-state index contributed by atoms with van der Waals surface area (Å²) < 4.78 is 63.7. The lowest BCUT2D eigenvalue weighted by molar-refractivity contribution is -0.187. The maximum atomic E-state index is 13.5. The van der Waals surface area contributed by atoms with E-state index in [1.54, 1.807) is 6.07 Å². The summed E-state index contributed by atoms with van der Waals surface area (Å²) in [5, 5.41) is 0.181. The molecule has 2 aromatic rings. The smallest absolute Gasteiger partial charge is 0.430 e. The zero-order valence-electron chi connectivity index (χ0n) is 14.9. The number of ether oxygens (including phenoxy) is 2. The summed E-state index contributed by atoms with van der Waals surface area (Å²) in [5.74, 6) is 3.52. The van der Waals surface area contributed by atoms with Gasteiger partial charge in [-0.2, -0.15) is 13.2 Å². The Labute approximate surface area is 168 Å². The summed E-state index contributed by atoms with van der Waals surface area (Å²) in [5.41, 5.74) is -0.127. The van der Waals surface area contributed by atoms with Gasteiger partial charge in [0.25, 0.3) is 0 Å². The molecule has 1 heterocycles. The molecule has 1 atom stereocenters. The Hall–Kier alpha value is -2.98. The largest absolute Gasteiger partial charge is 0.474 e. The maximum Gasteiger partial charge on any atom is 0.430 e. The summed E-state index contributed by atoms with van der Waals surface area (Å²) in [6, 6.07) is 8.12. The van der Waals surface area contributed by atoms with Crippen LogP contribution in [0.15, 0.2) is 42.0 Å². The molecule has 0 aliphatic carbocycles. The highest BCUT2D eigenvalue weighted by Crippen LogP contribution is 2.40. The lowest BCUT2D eigenvalue weighted by atomic mass is 9.98. The first-order valence-corrected chi connectivity index (χ1v) is 8.80. The van der Waals surface area contributed by atoms with E-state index in [9.17, 15) is 22.4 Å². The van der Waals surface area contributed by atoms with Crippen molar-refractivity contribution >= 4 is 23.6 Å². The average molecular weight is 425 g/mol. The van der Waals surface area contributed by atoms with Gasteiger partial charge in [-0.05, 0) is 43.3 Å². The van der Waals surface area contributed by atoms with Crippen LogP contribution in [-0.4, -0.2) is 24.9 Å². The molecule has 2 aromatic carbocycles. The second kappa shape index (κ2) is 8.18. The fourth-order valence-corrected chi connectivity index (χ4v) is 2.93. The summed E-state index contributed by atoms with van der Waals surface area (Å²) in [6.45, 7) is 1.39. The Balaban J connectivity index is 2.11. The number of fused-ring (bicyclic) bond motifs is 1. The van der Waals surface area contributed by atoms with Crippen molar-refractivity contribution in [3.63, 3.8) is 0 Å². The van der Waals surface area contributed by atoms with Crippen LogP contribution in [-0.2, 0) is 9.53 Å². The molecule has 3 nitrogen and oxygen atoms in total. The number of halogens is 5. The molecule has 150 valence electrons. The Morgan fingerprint density at radius 1 is 1.24 bits per heavy atom. The van der Waals surface area contributed by atoms with E-state index in [4.69, 9.17) is 21.1 Å². The molecule has 0 aromatic heterocycles. The van der Waals surface area contributed by atoms with E-state index in [0.29, 0.717) is 5.56 Å². The van der Waals surface area contributed by atoms with E-state index < -0.39 is 29.6 Å². The molecule has 1 aliphatic heterocycles. The van der Waals surface area contributed by atoms with Crippen LogP contribution in [0.1, 0.15) is 23.6 Å². The monoisotopic (exact) mass is 424 g/mol. The van der Waals surface area contributed by atoms with E-state index in [2.05, 4.69) is 11.8 Å². The van der Waals surface area contributed by atoms with Crippen LogP contribution in [0.25, 0.3) is 6.08 Å². The van der Waals surface area contributed by atoms with Crippen molar-refractivity contribution in [1.82, 2.24) is 0 Å². The van der Waals surface area contributed by atoms with E-state index in [1.807, 2.05) is 0 Å². The van der Waals surface area contributed by atoms with Gasteiger partial charge in [-0.1, -0.05) is 29.5 Å². The molecule has 0 amide bonds. The Bertz CT molecular complexity index is 1050. The minimum absolute atomic E-state index is 0.0742. The Kier molecular flexibility index (Phi) is 5.85. The molecule has 8 heteroatoms. The molecular formula is C21H13ClF4O3. The number of carbonyl (C=O) groups is 1. The van der Waals surface area contributed by atoms with Crippen LogP contribution in [0.3, 0.4) is 0 Å². The van der Waals surface area contributed by atoms with Crippen LogP contribution < -0.4 is 4.74 Å². The van der Waals surface area contributed by atoms with Gasteiger partial charge in [0.15, 0.2) is 0 Å². The van der Waals surface area contributed by atoms with Gasteiger partial charge in [0.05, 0.1) is 17.7 Å². The molecule has 0 N–H and O–H groups in total. The lowest BCUT2D eigenvalue weighted by Gasteiger charge is -2.28. The SMILES string of the molecule is CCOC(=O)C1=Cc2cc(Cl)cc(C#Cc3cccc(F)c3)c2OC1C(F)(F)F. The minimum Gasteiger partial charge on any atom is -0.474 e. The van der Waals surface area contributed by atoms with Crippen LogP contribution in [0, 0.1) is 17.7 Å². The van der Waals surface area contributed by atoms with E-state index in [0.717, 1.165) is 6.08 Å². The third-order valence-corrected chi connectivity index (χ3v) is 4.10. The van der Waals surface area contributed by atoms with Crippen molar-refractivity contribution in [2.75, 3.05) is 6.61 Å². The number of benzene rings is 2. The molecule has 0 fully saturated rings. The molecule has 3 rings (SSSR count).